The van der Waals surface area contributed by atoms with Gasteiger partial charge in [0.25, 0.3) is 0 Å². The minimum atomic E-state index is -4.71. The largest absolute Gasteiger partial charge is 0.496 e. The van der Waals surface area contributed by atoms with Gasteiger partial charge in [0.2, 0.25) is 10.0 Å². The minimum absolute atomic E-state index is 0.00455. The molecule has 0 atom stereocenters. The van der Waals surface area contributed by atoms with Gasteiger partial charge in [-0.2, -0.15) is 4.31 Å². The zero-order chi connectivity index (χ0) is 32.8. The van der Waals surface area contributed by atoms with E-state index in [9.17, 15) is 31.9 Å². The van der Waals surface area contributed by atoms with Crippen LogP contribution in [0.1, 0.15) is 27.0 Å². The van der Waals surface area contributed by atoms with Crippen LogP contribution >= 0.6 is 19.2 Å². The maximum atomic E-state index is 14.0. The second-order valence-electron chi connectivity index (χ2n) is 9.67. The Morgan fingerprint density at radius 2 is 1.44 bits per heavy atom. The fourth-order valence-corrected chi connectivity index (χ4v) is 7.29. The molecule has 0 aliphatic carbocycles. The number of aromatic carboxylic acids is 1. The zero-order valence-corrected chi connectivity index (χ0v) is 26.3. The number of nitrogens with zero attached hydrogens (tertiary/aromatic N) is 1. The minimum Gasteiger partial charge on any atom is -0.496 e. The average Bonchev–Trinajstić information content (AvgIpc) is 3.05. The lowest BCUT2D eigenvalue weighted by Crippen LogP contribution is -2.30. The lowest BCUT2D eigenvalue weighted by molar-refractivity contribution is -0.0881. The van der Waals surface area contributed by atoms with Crippen molar-refractivity contribution in [3.8, 4) is 22.6 Å². The summed E-state index contributed by atoms with van der Waals surface area (Å²) in [5.41, 5.74) is 2.38. The molecule has 10 nitrogen and oxygen atoms in total. The van der Waals surface area contributed by atoms with Crippen LogP contribution in [-0.2, 0) is 43.3 Å². The van der Waals surface area contributed by atoms with E-state index in [0.29, 0.717) is 22.3 Å². The van der Waals surface area contributed by atoms with E-state index in [1.54, 1.807) is 48.5 Å². The first-order chi connectivity index (χ1) is 21.4. The molecular weight excluding hydrogens is 655 g/mol. The molecule has 0 amide bonds. The van der Waals surface area contributed by atoms with E-state index in [1.807, 2.05) is 0 Å². The molecule has 15 heteroatoms. The molecule has 0 unspecified atom stereocenters. The summed E-state index contributed by atoms with van der Waals surface area (Å²) in [7, 11) is -6.16. The Labute approximate surface area is 263 Å². The summed E-state index contributed by atoms with van der Waals surface area (Å²) in [5, 5.41) is 9.49. The Morgan fingerprint density at radius 1 is 0.844 bits per heavy atom. The van der Waals surface area contributed by atoms with E-state index in [1.165, 1.54) is 54.9 Å². The van der Waals surface area contributed by atoms with Gasteiger partial charge in [-0.15, -0.1) is 9.46 Å². The number of halogens is 3. The summed E-state index contributed by atoms with van der Waals surface area (Å²) in [6.07, 6.45) is -0.795. The van der Waals surface area contributed by atoms with Crippen molar-refractivity contribution < 1.29 is 50.9 Å². The average molecular weight is 682 g/mol. The van der Waals surface area contributed by atoms with Crippen LogP contribution in [0.3, 0.4) is 0 Å². The van der Waals surface area contributed by atoms with E-state index in [-0.39, 0.29) is 45.6 Å². The molecular formula is C30H27ClF2NO9PS. The highest BCUT2D eigenvalue weighted by Crippen LogP contribution is 2.53. The normalized spacial score (nSPS) is 11.9. The van der Waals surface area contributed by atoms with Crippen LogP contribution in [0.5, 0.6) is 11.5 Å². The summed E-state index contributed by atoms with van der Waals surface area (Å²) in [6.45, 7) is -0.275. The molecule has 1 N–H and O–H groups in total. The molecule has 0 bridgehead atoms. The molecule has 0 aliphatic heterocycles. The molecule has 0 fully saturated rings. The van der Waals surface area contributed by atoms with Gasteiger partial charge in [0.15, 0.2) is 0 Å². The second kappa shape index (κ2) is 14.5. The van der Waals surface area contributed by atoms with Crippen molar-refractivity contribution in [2.45, 2.75) is 24.1 Å². The summed E-state index contributed by atoms with van der Waals surface area (Å²) in [4.78, 5) is 11.6. The van der Waals surface area contributed by atoms with Gasteiger partial charge in [-0.3, -0.25) is 4.57 Å². The van der Waals surface area contributed by atoms with Crippen molar-refractivity contribution in [1.29, 1.82) is 0 Å². The van der Waals surface area contributed by atoms with Crippen molar-refractivity contribution in [1.82, 2.24) is 4.31 Å². The lowest BCUT2D eigenvalue weighted by atomic mass is 10.0. The third-order valence-corrected chi connectivity index (χ3v) is 10.1. The molecule has 0 spiro atoms. The number of rotatable bonds is 14. The number of benzene rings is 4. The summed E-state index contributed by atoms with van der Waals surface area (Å²) >= 11 is 6.29. The number of methoxy groups -OCH3 is 2. The highest BCUT2D eigenvalue weighted by Gasteiger charge is 2.31. The van der Waals surface area contributed by atoms with E-state index in [4.69, 9.17) is 21.1 Å². The summed E-state index contributed by atoms with van der Waals surface area (Å²) < 4.78 is 83.0. The fraction of sp³-hybridized carbons (Fsp3) is 0.167. The Balaban J connectivity index is 1.68. The van der Waals surface area contributed by atoms with Crippen LogP contribution in [0.15, 0.2) is 89.8 Å². The van der Waals surface area contributed by atoms with Crippen LogP contribution in [0.4, 0.5) is 9.05 Å². The maximum Gasteiger partial charge on any atom is 0.399 e. The van der Waals surface area contributed by atoms with Crippen LogP contribution in [0.25, 0.3) is 11.1 Å². The van der Waals surface area contributed by atoms with Gasteiger partial charge in [-0.1, -0.05) is 66.2 Å². The van der Waals surface area contributed by atoms with Gasteiger partial charge < -0.3 is 14.6 Å². The Kier molecular flexibility index (Phi) is 11.0. The molecule has 45 heavy (non-hydrogen) atoms. The third-order valence-electron chi connectivity index (χ3n) is 6.81. The van der Waals surface area contributed by atoms with Crippen molar-refractivity contribution in [3.63, 3.8) is 0 Å². The van der Waals surface area contributed by atoms with Crippen LogP contribution in [-0.4, -0.2) is 38.0 Å². The molecule has 0 radical (unpaired) electrons. The highest BCUT2D eigenvalue weighted by molar-refractivity contribution is 7.89. The van der Waals surface area contributed by atoms with E-state index in [0.717, 1.165) is 0 Å². The summed E-state index contributed by atoms with van der Waals surface area (Å²) in [6, 6.07) is 22.0. The van der Waals surface area contributed by atoms with Gasteiger partial charge in [-0.25, -0.2) is 13.2 Å². The SMILES string of the molecule is COc1ccc(-c2ccc(CN(Cc3ccc(CP(=O)(OF)OF)c(Cl)c3)S(=O)(=O)c3ccccc3OC)cc2)cc1C(=O)O. The molecule has 4 aromatic rings. The molecule has 0 saturated heterocycles. The first kappa shape index (κ1) is 34.0. The smallest absolute Gasteiger partial charge is 0.399 e. The predicted molar refractivity (Wildman–Crippen MR) is 162 cm³/mol. The topological polar surface area (TPSA) is 129 Å². The third kappa shape index (κ3) is 7.88. The molecule has 0 aliphatic rings. The number of hydrogen-bond donors (Lipinski definition) is 1. The Morgan fingerprint density at radius 3 is 2.04 bits per heavy atom. The van der Waals surface area contributed by atoms with E-state index < -0.39 is 29.8 Å². The van der Waals surface area contributed by atoms with Crippen LogP contribution in [0, 0.1) is 0 Å². The van der Waals surface area contributed by atoms with Gasteiger partial charge in [0, 0.05) is 18.1 Å². The van der Waals surface area contributed by atoms with Crippen molar-refractivity contribution in [3.05, 3.63) is 112 Å². The number of ether oxygens (including phenoxy) is 2. The molecule has 4 rings (SSSR count). The number of para-hydroxylation sites is 1. The first-order valence-electron chi connectivity index (χ1n) is 13.1. The molecule has 4 aromatic carbocycles. The number of sulfonamides is 1. The molecule has 0 saturated carbocycles. The quantitative estimate of drug-likeness (QED) is 0.134. The van der Waals surface area contributed by atoms with E-state index in [2.05, 4.69) is 9.46 Å². The summed E-state index contributed by atoms with van der Waals surface area (Å²) in [5.74, 6) is -0.794. The Hall–Kier alpha value is -3.84. The van der Waals surface area contributed by atoms with Crippen molar-refractivity contribution in [2.24, 2.45) is 0 Å². The number of hydrogen-bond acceptors (Lipinski definition) is 8. The Bertz CT molecular complexity index is 1830. The monoisotopic (exact) mass is 681 g/mol. The van der Waals surface area contributed by atoms with Crippen molar-refractivity contribution in [2.75, 3.05) is 14.2 Å². The van der Waals surface area contributed by atoms with Gasteiger partial charge in [-0.05, 0) is 67.2 Å². The van der Waals surface area contributed by atoms with E-state index >= 15 is 0 Å². The van der Waals surface area contributed by atoms with Crippen LogP contribution < -0.4 is 9.47 Å². The fourth-order valence-electron chi connectivity index (χ4n) is 4.55. The molecule has 0 heterocycles. The van der Waals surface area contributed by atoms with Crippen molar-refractivity contribution >= 4 is 35.2 Å². The number of carboxylic acid groups (broad SMARTS) is 1. The second-order valence-corrected chi connectivity index (χ2v) is 13.8. The molecule has 0 aromatic heterocycles. The predicted octanol–water partition coefficient (Wildman–Crippen LogP) is 7.61. The van der Waals surface area contributed by atoms with Crippen LogP contribution in [0.2, 0.25) is 5.02 Å². The number of carbonyl (C=O) groups is 1. The first-order valence-corrected chi connectivity index (χ1v) is 16.6. The number of carboxylic acids is 1. The zero-order valence-electron chi connectivity index (χ0n) is 23.9. The van der Waals surface area contributed by atoms with Gasteiger partial charge in [0.05, 0.1) is 20.4 Å². The maximum absolute atomic E-state index is 14.0. The highest BCUT2D eigenvalue weighted by atomic mass is 35.5. The standard InChI is InChI=1S/C30H27ClF2NO9PS/c1-40-27-14-13-23(16-25(27)30(35)36)22-10-7-20(8-11-22)17-34(45(38,39)29-6-4-3-5-28(29)41-2)18-21-9-12-24(26(31)15-21)19-44(37,42-32)43-33/h3-16H,17-19H2,1-2H3,(H,35,36). The lowest BCUT2D eigenvalue weighted by Gasteiger charge is -2.24. The molecule has 238 valence electrons. The van der Waals surface area contributed by atoms with Gasteiger partial charge >= 0.3 is 13.6 Å². The van der Waals surface area contributed by atoms with Gasteiger partial charge in [0.1, 0.15) is 22.0 Å².